The van der Waals surface area contributed by atoms with E-state index in [0.717, 1.165) is 71.5 Å². The summed E-state index contributed by atoms with van der Waals surface area (Å²) in [4.78, 5) is 14.3. The number of carbonyl (C=O) groups is 1. The topological polar surface area (TPSA) is 56.7 Å². The van der Waals surface area contributed by atoms with Crippen molar-refractivity contribution in [2.45, 2.75) is 34.1 Å². The first-order valence-electron chi connectivity index (χ1n) is 12.0. The molecule has 0 saturated heterocycles. The lowest BCUT2D eigenvalue weighted by atomic mass is 9.88. The Hall–Kier alpha value is -3.78. The number of anilines is 1. The monoisotopic (exact) mass is 455 g/mol. The summed E-state index contributed by atoms with van der Waals surface area (Å²) < 4.78 is 8.80. The summed E-state index contributed by atoms with van der Waals surface area (Å²) in [5.74, 6) is -0.291. The molecule has 4 rings (SSSR count). The standard InChI is InChI=1S/C29H30N2O3/c1-5-17-31(8-4)21-14-16-25-27(19-21)34-26-18-20(30(6-2)7-3)13-15-24(26)28(25)22-11-9-10-12-23(22)29(32)33/h9,11,13-16,18-19H,5-8,17H2,1-4H3/p+1. The quantitative estimate of drug-likeness (QED) is 0.284. The van der Waals surface area contributed by atoms with E-state index >= 15 is 0 Å². The van der Waals surface area contributed by atoms with E-state index in [9.17, 15) is 9.90 Å². The fourth-order valence-corrected chi connectivity index (χ4v) is 4.65. The minimum Gasteiger partial charge on any atom is -0.477 e. The third-order valence-electron chi connectivity index (χ3n) is 6.34. The molecule has 0 spiro atoms. The summed E-state index contributed by atoms with van der Waals surface area (Å²) in [6.45, 7) is 12.2. The van der Waals surface area contributed by atoms with E-state index in [4.69, 9.17) is 4.42 Å². The van der Waals surface area contributed by atoms with E-state index in [1.165, 1.54) is 0 Å². The number of aliphatic carboxylic acids is 1. The van der Waals surface area contributed by atoms with Gasteiger partial charge < -0.3 is 14.4 Å². The molecule has 3 aliphatic rings. The van der Waals surface area contributed by atoms with Gasteiger partial charge in [0, 0.05) is 59.4 Å². The molecule has 0 atom stereocenters. The predicted octanol–water partition coefficient (Wildman–Crippen LogP) is 5.30. The van der Waals surface area contributed by atoms with Crippen molar-refractivity contribution in [3.8, 4) is 11.3 Å². The van der Waals surface area contributed by atoms with Crippen molar-refractivity contribution in [3.05, 3.63) is 76.5 Å². The zero-order chi connectivity index (χ0) is 24.2. The van der Waals surface area contributed by atoms with Crippen LogP contribution < -0.4 is 14.8 Å². The highest BCUT2D eigenvalue weighted by Gasteiger charge is 2.25. The molecular formula is C29H31N2O3+. The highest BCUT2D eigenvalue weighted by Crippen LogP contribution is 2.41. The number of fused-ring (bicyclic) bond motifs is 2. The number of nitrogens with zero attached hydrogens (tertiary/aromatic N) is 2. The van der Waals surface area contributed by atoms with Crippen LogP contribution in [0.3, 0.4) is 0 Å². The van der Waals surface area contributed by atoms with Crippen LogP contribution in [0.25, 0.3) is 27.9 Å². The second-order valence-corrected chi connectivity index (χ2v) is 8.29. The van der Waals surface area contributed by atoms with Crippen molar-refractivity contribution in [1.82, 2.24) is 4.58 Å². The third kappa shape index (κ3) is 4.24. The molecule has 0 saturated carbocycles. The number of hydrogen-bond donors (Lipinski definition) is 1. The predicted molar refractivity (Wildman–Crippen MR) is 138 cm³/mol. The summed E-state index contributed by atoms with van der Waals surface area (Å²) in [6.07, 6.45) is 4.57. The van der Waals surface area contributed by atoms with Crippen LogP contribution in [0.15, 0.2) is 70.0 Å². The minimum absolute atomic E-state index is 0.106. The maximum atomic E-state index is 12.1. The van der Waals surface area contributed by atoms with E-state index in [1.807, 2.05) is 12.1 Å². The van der Waals surface area contributed by atoms with Crippen molar-refractivity contribution in [2.24, 2.45) is 0 Å². The Bertz CT molecular complexity index is 1420. The molecular weight excluding hydrogens is 424 g/mol. The molecule has 0 fully saturated rings. The van der Waals surface area contributed by atoms with Crippen LogP contribution in [-0.4, -0.2) is 37.3 Å². The smallest absolute Gasteiger partial charge is 0.344 e. The van der Waals surface area contributed by atoms with Gasteiger partial charge in [-0.05, 0) is 51.1 Å². The van der Waals surface area contributed by atoms with Gasteiger partial charge in [-0.2, -0.15) is 0 Å². The molecule has 0 bridgehead atoms. The Balaban J connectivity index is 2.09. The normalized spacial score (nSPS) is 13.8. The first-order chi connectivity index (χ1) is 16.5. The molecule has 1 aromatic rings. The van der Waals surface area contributed by atoms with Crippen molar-refractivity contribution >= 4 is 28.2 Å². The van der Waals surface area contributed by atoms with E-state index in [2.05, 4.69) is 72.9 Å². The van der Waals surface area contributed by atoms with Crippen LogP contribution in [0.1, 0.15) is 39.7 Å². The molecule has 174 valence electrons. The second kappa shape index (κ2) is 10.0. The van der Waals surface area contributed by atoms with Gasteiger partial charge in [-0.25, -0.2) is 9.37 Å². The molecule has 5 heteroatoms. The molecule has 1 N–H and O–H groups in total. The van der Waals surface area contributed by atoms with Gasteiger partial charge >= 0.3 is 5.97 Å². The highest BCUT2D eigenvalue weighted by atomic mass is 16.4. The van der Waals surface area contributed by atoms with E-state index in [1.54, 1.807) is 12.2 Å². The van der Waals surface area contributed by atoms with Crippen LogP contribution in [0.5, 0.6) is 0 Å². The molecule has 1 aromatic carbocycles. The van der Waals surface area contributed by atoms with Crippen molar-refractivity contribution in [2.75, 3.05) is 31.1 Å². The van der Waals surface area contributed by atoms with Crippen molar-refractivity contribution in [3.63, 3.8) is 0 Å². The maximum absolute atomic E-state index is 12.1. The lowest BCUT2D eigenvalue weighted by Gasteiger charge is -2.23. The molecule has 1 heterocycles. The number of hydrogen-bond acceptors (Lipinski definition) is 3. The van der Waals surface area contributed by atoms with Gasteiger partial charge in [-0.1, -0.05) is 18.4 Å². The first-order valence-corrected chi connectivity index (χ1v) is 12.0. The molecule has 5 nitrogen and oxygen atoms in total. The Morgan fingerprint density at radius 1 is 1.09 bits per heavy atom. The number of benzene rings is 2. The molecule has 0 amide bonds. The summed E-state index contributed by atoms with van der Waals surface area (Å²) in [6, 6.07) is 12.4. The zero-order valence-corrected chi connectivity index (χ0v) is 20.3. The molecule has 0 unspecified atom stereocenters. The number of carboxylic acids is 1. The number of carboxylic acid groups (broad SMARTS) is 1. The van der Waals surface area contributed by atoms with E-state index in [0.29, 0.717) is 5.57 Å². The molecule has 2 aliphatic carbocycles. The molecule has 1 aliphatic heterocycles. The Morgan fingerprint density at radius 2 is 1.88 bits per heavy atom. The molecule has 34 heavy (non-hydrogen) atoms. The van der Waals surface area contributed by atoms with Crippen LogP contribution in [0, 0.1) is 0 Å². The van der Waals surface area contributed by atoms with Crippen LogP contribution in [0.2, 0.25) is 0 Å². The molecule has 0 radical (unpaired) electrons. The number of rotatable bonds is 8. The van der Waals surface area contributed by atoms with Crippen LogP contribution >= 0.6 is 0 Å². The summed E-state index contributed by atoms with van der Waals surface area (Å²) >= 11 is 0. The third-order valence-corrected chi connectivity index (χ3v) is 6.34. The Labute approximate surface area is 200 Å². The fraction of sp³-hybridized carbons (Fsp3) is 0.310. The van der Waals surface area contributed by atoms with Gasteiger partial charge in [-0.15, -0.1) is 0 Å². The lowest BCUT2D eigenvalue weighted by molar-refractivity contribution is -0.132. The zero-order valence-electron chi connectivity index (χ0n) is 20.3. The van der Waals surface area contributed by atoms with Crippen LogP contribution in [-0.2, 0) is 4.79 Å². The average Bonchev–Trinajstić information content (AvgIpc) is 2.86. The summed E-state index contributed by atoms with van der Waals surface area (Å²) in [5, 5.41) is 11.8. The van der Waals surface area contributed by atoms with Crippen molar-refractivity contribution < 1.29 is 14.3 Å². The highest BCUT2D eigenvalue weighted by molar-refractivity contribution is 6.12. The van der Waals surface area contributed by atoms with E-state index < -0.39 is 5.97 Å². The Morgan fingerprint density at radius 3 is 2.56 bits per heavy atom. The fourth-order valence-electron chi connectivity index (χ4n) is 4.65. The largest absolute Gasteiger partial charge is 0.477 e. The minimum atomic E-state index is -1.02. The average molecular weight is 456 g/mol. The van der Waals surface area contributed by atoms with Crippen molar-refractivity contribution in [1.29, 1.82) is 0 Å². The van der Waals surface area contributed by atoms with Gasteiger partial charge in [0.1, 0.15) is 30.0 Å². The van der Waals surface area contributed by atoms with Crippen LogP contribution in [0.4, 0.5) is 5.69 Å². The SMILES string of the molecule is CCC[N+](CC)=c1ccc2c(C3=CC=C=C=C3C(=O)O)c3ccc(N(CC)CC)cc3oc-2c1. The Kier molecular flexibility index (Phi) is 6.88. The van der Waals surface area contributed by atoms with Gasteiger partial charge in [0.25, 0.3) is 0 Å². The first kappa shape index (κ1) is 23.4. The lowest BCUT2D eigenvalue weighted by Crippen LogP contribution is -2.30. The van der Waals surface area contributed by atoms with E-state index in [-0.39, 0.29) is 5.57 Å². The van der Waals surface area contributed by atoms with Gasteiger partial charge in [-0.3, -0.25) is 0 Å². The summed E-state index contributed by atoms with van der Waals surface area (Å²) in [5.41, 5.74) is 9.83. The van der Waals surface area contributed by atoms with Gasteiger partial charge in [0.2, 0.25) is 5.36 Å². The summed E-state index contributed by atoms with van der Waals surface area (Å²) in [7, 11) is 0. The van der Waals surface area contributed by atoms with Gasteiger partial charge in [0.15, 0.2) is 0 Å². The molecule has 0 aromatic heterocycles. The maximum Gasteiger partial charge on any atom is 0.344 e. The number of allylic oxidation sites excluding steroid dienone is 2. The van der Waals surface area contributed by atoms with Gasteiger partial charge in [0.05, 0.1) is 6.07 Å². The second-order valence-electron chi connectivity index (χ2n) is 8.29.